The zero-order valence-electron chi connectivity index (χ0n) is 3.62. The summed E-state index contributed by atoms with van der Waals surface area (Å²) in [6.45, 7) is 0. The molecule has 0 spiro atoms. The van der Waals surface area contributed by atoms with Gasteiger partial charge in [0.2, 0.25) is 0 Å². The van der Waals surface area contributed by atoms with Gasteiger partial charge in [0, 0.05) is 16.8 Å². The van der Waals surface area contributed by atoms with Crippen LogP contribution in [0.2, 0.25) is 0 Å². The molecule has 2 N–H and O–H groups in total. The van der Waals surface area contributed by atoms with Gasteiger partial charge in [0.15, 0.2) is 0 Å². The molecule has 0 amide bonds. The molecule has 0 aliphatic carbocycles. The summed E-state index contributed by atoms with van der Waals surface area (Å²) in [5.74, 6) is 0. The van der Waals surface area contributed by atoms with Gasteiger partial charge in [0.25, 0.3) is 0 Å². The van der Waals surface area contributed by atoms with Crippen LogP contribution in [0.1, 0.15) is 0 Å². The molecule has 0 aliphatic rings. The van der Waals surface area contributed by atoms with Crippen LogP contribution >= 0.6 is 0 Å². The zero-order valence-corrected chi connectivity index (χ0v) is 7.83. The zero-order chi connectivity index (χ0) is 7.15. The van der Waals surface area contributed by atoms with Crippen molar-refractivity contribution in [2.45, 2.75) is 0 Å². The van der Waals surface area contributed by atoms with Crippen molar-refractivity contribution in [3.05, 3.63) is 0 Å². The average molecular weight is 317 g/mol. The van der Waals surface area contributed by atoms with Crippen LogP contribution in [0.15, 0.2) is 0 Å². The first-order valence-corrected chi connectivity index (χ1v) is 4.96. The molecule has 0 heterocycles. The monoisotopic (exact) mass is 315 g/mol. The van der Waals surface area contributed by atoms with Crippen molar-refractivity contribution in [2.75, 3.05) is 0 Å². The minimum atomic E-state index is -3.40. The Morgan fingerprint density at radius 1 is 0.778 bits per heavy atom. The maximum atomic E-state index is 8.63. The first-order chi connectivity index (χ1) is 3.46. The smallest absolute Gasteiger partial charge is 0.372 e. The second kappa shape index (κ2) is 12.0. The van der Waals surface area contributed by atoms with Crippen LogP contribution in [0.5, 0.6) is 0 Å². The SMILES string of the molecule is [Co].[O-][Br+2]([O-])O.[O-][Br+2]([O-])O. The van der Waals surface area contributed by atoms with Gasteiger partial charge in [-0.05, 0) is 8.40 Å². The quantitative estimate of drug-likeness (QED) is 0.457. The number of hydrogen-bond donors (Lipinski definition) is 2. The Hall–Kier alpha value is 1.23. The largest absolute Gasteiger partial charge is 0.433 e. The molecule has 61 valence electrons. The summed E-state index contributed by atoms with van der Waals surface area (Å²) in [6.07, 6.45) is 0. The van der Waals surface area contributed by atoms with Crippen molar-refractivity contribution < 1.29 is 71.6 Å². The van der Waals surface area contributed by atoms with E-state index in [1.807, 2.05) is 0 Å². The van der Waals surface area contributed by atoms with Crippen LogP contribution < -0.4 is 16.8 Å². The molecule has 0 aromatic rings. The molecule has 0 rings (SSSR count). The van der Waals surface area contributed by atoms with E-state index in [4.69, 9.17) is 25.2 Å². The molecular formula is H2Br2CoO6. The Bertz CT molecular complexity index is 26.5. The van der Waals surface area contributed by atoms with Gasteiger partial charge < -0.3 is 16.8 Å². The molecule has 0 bridgehead atoms. The Labute approximate surface area is 71.6 Å². The van der Waals surface area contributed by atoms with E-state index in [0.29, 0.717) is 0 Å². The molecule has 0 fully saturated rings. The van der Waals surface area contributed by atoms with Crippen molar-refractivity contribution in [2.24, 2.45) is 0 Å². The summed E-state index contributed by atoms with van der Waals surface area (Å²) < 4.78 is 48.6. The molecule has 0 saturated carbocycles. The van der Waals surface area contributed by atoms with Crippen molar-refractivity contribution in [3.63, 3.8) is 0 Å². The van der Waals surface area contributed by atoms with Crippen LogP contribution in [-0.4, -0.2) is 8.40 Å². The molecule has 0 aliphatic heterocycles. The molecule has 0 unspecified atom stereocenters. The van der Waals surface area contributed by atoms with Gasteiger partial charge >= 0.3 is 29.6 Å². The van der Waals surface area contributed by atoms with Gasteiger partial charge in [0.05, 0.1) is 0 Å². The molecule has 0 atom stereocenters. The standard InChI is InChI=1S/2BrHO3.Co/c2*2-1(3)4;/h2*2H;. The summed E-state index contributed by atoms with van der Waals surface area (Å²) in [5.41, 5.74) is 0. The summed E-state index contributed by atoms with van der Waals surface area (Å²) in [6, 6.07) is 0. The van der Waals surface area contributed by atoms with Gasteiger partial charge in [-0.15, -0.1) is 0 Å². The molecule has 0 saturated heterocycles. The summed E-state index contributed by atoms with van der Waals surface area (Å²) in [7, 11) is 0. The minimum absolute atomic E-state index is 0. The second-order valence-electron chi connectivity index (χ2n) is 0.402. The van der Waals surface area contributed by atoms with Crippen LogP contribution in [0.25, 0.3) is 0 Å². The van der Waals surface area contributed by atoms with E-state index in [-0.39, 0.29) is 16.8 Å². The number of hydrogen-bond acceptors (Lipinski definition) is 6. The van der Waals surface area contributed by atoms with Gasteiger partial charge in [-0.1, -0.05) is 0 Å². The predicted octanol–water partition coefficient (Wildman–Crippen LogP) is -5.87. The van der Waals surface area contributed by atoms with E-state index < -0.39 is 29.6 Å². The van der Waals surface area contributed by atoms with E-state index >= 15 is 0 Å². The van der Waals surface area contributed by atoms with Crippen LogP contribution in [-0.2, 0) is 16.8 Å². The third-order valence-electron chi connectivity index (χ3n) is 0. The van der Waals surface area contributed by atoms with Gasteiger partial charge in [-0.2, -0.15) is 0 Å². The number of halogens is 2. The molecule has 0 aromatic heterocycles. The van der Waals surface area contributed by atoms with Crippen LogP contribution in [0.4, 0.5) is 0 Å². The fourth-order valence-corrected chi connectivity index (χ4v) is 0. The number of rotatable bonds is 0. The molecule has 9 heavy (non-hydrogen) atoms. The second-order valence-corrected chi connectivity index (χ2v) is 2.09. The van der Waals surface area contributed by atoms with E-state index in [1.165, 1.54) is 0 Å². The third kappa shape index (κ3) is 320. The summed E-state index contributed by atoms with van der Waals surface area (Å²) in [5, 5.41) is 0. The third-order valence-corrected chi connectivity index (χ3v) is 0. The molecule has 1 radical (unpaired) electrons. The van der Waals surface area contributed by atoms with Crippen LogP contribution in [0, 0.1) is 29.6 Å². The molecule has 0 aromatic carbocycles. The van der Waals surface area contributed by atoms with Crippen molar-refractivity contribution >= 4 is 0 Å². The normalized spacial score (nSPS) is 8.00. The van der Waals surface area contributed by atoms with Gasteiger partial charge in [0.1, 0.15) is 0 Å². The molecule has 6 nitrogen and oxygen atoms in total. The predicted molar refractivity (Wildman–Crippen MR) is 4.44 cm³/mol. The Morgan fingerprint density at radius 2 is 0.778 bits per heavy atom. The Morgan fingerprint density at radius 3 is 0.778 bits per heavy atom. The van der Waals surface area contributed by atoms with Crippen molar-refractivity contribution in [1.82, 2.24) is 0 Å². The fraction of sp³-hybridized carbons (Fsp3) is 0. The average Bonchev–Trinajstić information content (AvgIpc) is 1.25. The van der Waals surface area contributed by atoms with E-state index in [0.717, 1.165) is 0 Å². The van der Waals surface area contributed by atoms with E-state index in [1.54, 1.807) is 0 Å². The molecule has 9 heteroatoms. The van der Waals surface area contributed by atoms with E-state index in [2.05, 4.69) is 0 Å². The van der Waals surface area contributed by atoms with Crippen LogP contribution in [0.3, 0.4) is 0 Å². The molecular weight excluding hydrogens is 315 g/mol. The van der Waals surface area contributed by atoms with E-state index in [9.17, 15) is 0 Å². The van der Waals surface area contributed by atoms with Gasteiger partial charge in [-0.3, -0.25) is 0 Å². The first kappa shape index (κ1) is 16.7. The fourth-order valence-electron chi connectivity index (χ4n) is 0. The maximum absolute atomic E-state index is 8.63. The van der Waals surface area contributed by atoms with Crippen molar-refractivity contribution in [1.29, 1.82) is 0 Å². The minimum Gasteiger partial charge on any atom is -0.372 e. The Balaban J connectivity index is -0.0000000720. The van der Waals surface area contributed by atoms with Crippen molar-refractivity contribution in [3.8, 4) is 0 Å². The summed E-state index contributed by atoms with van der Waals surface area (Å²) in [4.78, 5) is 0. The summed E-state index contributed by atoms with van der Waals surface area (Å²) >= 11 is -6.79. The topological polar surface area (TPSA) is 133 Å². The maximum Gasteiger partial charge on any atom is 0.433 e. The first-order valence-electron chi connectivity index (χ1n) is 0.955. The van der Waals surface area contributed by atoms with Gasteiger partial charge in [-0.25, -0.2) is 0 Å². The Kier molecular flexibility index (Phi) is 22.1.